The molecule has 0 saturated carbocycles. The molecule has 98 valence electrons. The van der Waals surface area contributed by atoms with Gasteiger partial charge >= 0.3 is 5.97 Å². The van der Waals surface area contributed by atoms with Crippen molar-refractivity contribution in [1.29, 1.82) is 0 Å². The van der Waals surface area contributed by atoms with Gasteiger partial charge < -0.3 is 10.5 Å². The van der Waals surface area contributed by atoms with E-state index in [0.717, 1.165) is 0 Å². The van der Waals surface area contributed by atoms with Gasteiger partial charge in [0, 0.05) is 10.2 Å². The lowest BCUT2D eigenvalue weighted by Crippen LogP contribution is -2.19. The third kappa shape index (κ3) is 3.02. The summed E-state index contributed by atoms with van der Waals surface area (Å²) in [6.07, 6.45) is -0.204. The largest absolute Gasteiger partial charge is 0.458 e. The zero-order valence-electron chi connectivity index (χ0n) is 9.43. The number of anilines is 1. The van der Waals surface area contributed by atoms with Crippen LogP contribution in [0.3, 0.4) is 0 Å². The van der Waals surface area contributed by atoms with E-state index >= 15 is 0 Å². The summed E-state index contributed by atoms with van der Waals surface area (Å²) >= 11 is 3.23. The molecule has 1 aromatic rings. The van der Waals surface area contributed by atoms with Gasteiger partial charge in [0.25, 0.3) is 0 Å². The van der Waals surface area contributed by atoms with E-state index in [2.05, 4.69) is 15.9 Å². The second-order valence-corrected chi connectivity index (χ2v) is 7.25. The van der Waals surface area contributed by atoms with Gasteiger partial charge in [-0.1, -0.05) is 0 Å². The van der Waals surface area contributed by atoms with Crippen LogP contribution in [0.25, 0.3) is 0 Å². The molecule has 0 aliphatic carbocycles. The Morgan fingerprint density at radius 1 is 1.44 bits per heavy atom. The van der Waals surface area contributed by atoms with Gasteiger partial charge in [-0.05, 0) is 40.5 Å². The highest BCUT2D eigenvalue weighted by Crippen LogP contribution is 2.23. The summed E-state index contributed by atoms with van der Waals surface area (Å²) in [6, 6.07) is 4.80. The number of nitrogen functional groups attached to an aromatic ring is 1. The first-order chi connectivity index (χ1) is 8.37. The van der Waals surface area contributed by atoms with Gasteiger partial charge in [0.05, 0.1) is 17.1 Å². The van der Waals surface area contributed by atoms with E-state index in [9.17, 15) is 13.2 Å². The zero-order chi connectivity index (χ0) is 13.3. The fourth-order valence-electron chi connectivity index (χ4n) is 1.77. The minimum atomic E-state index is -3.06. The van der Waals surface area contributed by atoms with Crippen molar-refractivity contribution in [2.45, 2.75) is 12.5 Å². The second-order valence-electron chi connectivity index (χ2n) is 4.17. The summed E-state index contributed by atoms with van der Waals surface area (Å²) in [4.78, 5) is 11.9. The number of ether oxygens (including phenoxy) is 1. The van der Waals surface area contributed by atoms with E-state index < -0.39 is 21.9 Å². The van der Waals surface area contributed by atoms with Crippen LogP contribution in [-0.4, -0.2) is 32.0 Å². The zero-order valence-corrected chi connectivity index (χ0v) is 11.8. The molecule has 18 heavy (non-hydrogen) atoms. The van der Waals surface area contributed by atoms with Crippen molar-refractivity contribution in [2.75, 3.05) is 17.2 Å². The first-order valence-corrected chi connectivity index (χ1v) is 7.95. The van der Waals surface area contributed by atoms with Crippen LogP contribution in [-0.2, 0) is 14.6 Å². The van der Waals surface area contributed by atoms with Crippen LogP contribution >= 0.6 is 15.9 Å². The molecular formula is C11H12BrNO4S. The molecule has 7 heteroatoms. The topological polar surface area (TPSA) is 86.5 Å². The molecule has 2 N–H and O–H groups in total. The van der Waals surface area contributed by atoms with Crippen molar-refractivity contribution >= 4 is 37.4 Å². The number of carbonyl (C=O) groups excluding carboxylic acids is 1. The molecule has 1 fully saturated rings. The predicted molar refractivity (Wildman–Crippen MR) is 71.0 cm³/mol. The van der Waals surface area contributed by atoms with Crippen molar-refractivity contribution in [3.8, 4) is 0 Å². The number of esters is 1. The fraction of sp³-hybridized carbons (Fsp3) is 0.364. The first-order valence-electron chi connectivity index (χ1n) is 5.34. The molecule has 0 amide bonds. The number of carbonyl (C=O) groups is 1. The molecule has 0 bridgehead atoms. The van der Waals surface area contributed by atoms with Crippen molar-refractivity contribution in [1.82, 2.24) is 0 Å². The minimum Gasteiger partial charge on any atom is -0.458 e. The van der Waals surface area contributed by atoms with E-state index in [1.54, 1.807) is 12.1 Å². The highest BCUT2D eigenvalue weighted by Gasteiger charge is 2.31. The Morgan fingerprint density at radius 3 is 2.78 bits per heavy atom. The standard InChI is InChI=1S/C11H12BrNO4S/c12-10-2-1-7(13)5-9(10)11(14)17-8-3-4-18(15,16)6-8/h1-2,5,8H,3-4,6,13H2. The molecule has 1 heterocycles. The van der Waals surface area contributed by atoms with Crippen LogP contribution < -0.4 is 5.73 Å². The Morgan fingerprint density at radius 2 is 2.17 bits per heavy atom. The van der Waals surface area contributed by atoms with Crippen molar-refractivity contribution < 1.29 is 17.9 Å². The molecule has 1 aromatic carbocycles. The van der Waals surface area contributed by atoms with E-state index in [1.165, 1.54) is 6.07 Å². The average molecular weight is 334 g/mol. The first kappa shape index (κ1) is 13.4. The summed E-state index contributed by atoms with van der Waals surface area (Å²) in [7, 11) is -3.06. The quantitative estimate of drug-likeness (QED) is 0.652. The molecule has 1 atom stereocenters. The Kier molecular flexibility index (Phi) is 3.63. The van der Waals surface area contributed by atoms with Crippen LogP contribution in [0.15, 0.2) is 22.7 Å². The van der Waals surface area contributed by atoms with Crippen LogP contribution in [0, 0.1) is 0 Å². The van der Waals surface area contributed by atoms with Gasteiger partial charge in [-0.2, -0.15) is 0 Å². The van der Waals surface area contributed by atoms with E-state index in [-0.39, 0.29) is 11.5 Å². The van der Waals surface area contributed by atoms with Gasteiger partial charge in [0.2, 0.25) is 0 Å². The molecule has 5 nitrogen and oxygen atoms in total. The average Bonchev–Trinajstić information content (AvgIpc) is 2.61. The lowest BCUT2D eigenvalue weighted by Gasteiger charge is -2.11. The van der Waals surface area contributed by atoms with E-state index in [4.69, 9.17) is 10.5 Å². The van der Waals surface area contributed by atoms with Gasteiger partial charge in [-0.25, -0.2) is 13.2 Å². The highest BCUT2D eigenvalue weighted by molar-refractivity contribution is 9.10. The Balaban J connectivity index is 2.11. The predicted octanol–water partition coefficient (Wildman–Crippen LogP) is 1.38. The fourth-order valence-corrected chi connectivity index (χ4v) is 3.77. The Hall–Kier alpha value is -1.08. The van der Waals surface area contributed by atoms with Gasteiger partial charge in [0.1, 0.15) is 6.10 Å². The van der Waals surface area contributed by atoms with Crippen molar-refractivity contribution in [3.63, 3.8) is 0 Å². The SMILES string of the molecule is Nc1ccc(Br)c(C(=O)OC2CCS(=O)(=O)C2)c1. The molecular weight excluding hydrogens is 322 g/mol. The molecule has 1 aliphatic rings. The maximum absolute atomic E-state index is 11.9. The summed E-state index contributed by atoms with van der Waals surface area (Å²) in [5, 5.41) is 0. The smallest absolute Gasteiger partial charge is 0.339 e. The number of benzene rings is 1. The Labute approximate surface area is 113 Å². The molecule has 0 aromatic heterocycles. The maximum Gasteiger partial charge on any atom is 0.339 e. The number of nitrogens with two attached hydrogens (primary N) is 1. The summed E-state index contributed by atoms with van der Waals surface area (Å²) in [6.45, 7) is 0. The van der Waals surface area contributed by atoms with Crippen molar-refractivity contribution in [3.05, 3.63) is 28.2 Å². The lowest BCUT2D eigenvalue weighted by atomic mass is 10.2. The monoisotopic (exact) mass is 333 g/mol. The molecule has 2 rings (SSSR count). The lowest BCUT2D eigenvalue weighted by molar-refractivity contribution is 0.0355. The van der Waals surface area contributed by atoms with Crippen LogP contribution in [0.4, 0.5) is 5.69 Å². The van der Waals surface area contributed by atoms with Crippen LogP contribution in [0.5, 0.6) is 0 Å². The van der Waals surface area contributed by atoms with Crippen LogP contribution in [0.1, 0.15) is 16.8 Å². The van der Waals surface area contributed by atoms with E-state index in [1.807, 2.05) is 0 Å². The number of rotatable bonds is 2. The van der Waals surface area contributed by atoms with Crippen molar-refractivity contribution in [2.24, 2.45) is 0 Å². The van der Waals surface area contributed by atoms with Gasteiger partial charge in [0.15, 0.2) is 9.84 Å². The molecule has 1 unspecified atom stereocenters. The number of hydrogen-bond acceptors (Lipinski definition) is 5. The Bertz CT molecular complexity index is 585. The summed E-state index contributed by atoms with van der Waals surface area (Å²) in [5.41, 5.74) is 6.35. The van der Waals surface area contributed by atoms with Gasteiger partial charge in [-0.3, -0.25) is 0 Å². The molecule has 1 aliphatic heterocycles. The minimum absolute atomic E-state index is 0.0725. The van der Waals surface area contributed by atoms with Gasteiger partial charge in [-0.15, -0.1) is 0 Å². The van der Waals surface area contributed by atoms with E-state index in [0.29, 0.717) is 22.1 Å². The highest BCUT2D eigenvalue weighted by atomic mass is 79.9. The normalized spacial score (nSPS) is 21.7. The summed E-state index contributed by atoms with van der Waals surface area (Å²) in [5.74, 6) is -0.585. The molecule has 0 spiro atoms. The maximum atomic E-state index is 11.9. The number of sulfone groups is 1. The number of halogens is 1. The second kappa shape index (κ2) is 4.89. The summed E-state index contributed by atoms with van der Waals surface area (Å²) < 4.78 is 28.3. The molecule has 0 radical (unpaired) electrons. The van der Waals surface area contributed by atoms with Crippen LogP contribution in [0.2, 0.25) is 0 Å². The third-order valence-corrected chi connectivity index (χ3v) is 5.10. The third-order valence-electron chi connectivity index (χ3n) is 2.67. The molecule has 1 saturated heterocycles. The number of hydrogen-bond donors (Lipinski definition) is 1.